The summed E-state index contributed by atoms with van der Waals surface area (Å²) >= 11 is 10.8. The van der Waals surface area contributed by atoms with E-state index in [1.807, 2.05) is 12.1 Å². The van der Waals surface area contributed by atoms with Gasteiger partial charge in [-0.25, -0.2) is 0 Å². The number of hydrazine groups is 1. The zero-order chi connectivity index (χ0) is 15.9. The van der Waals surface area contributed by atoms with Crippen LogP contribution in [0.25, 0.3) is 0 Å². The number of furan rings is 1. The number of halogens is 1. The van der Waals surface area contributed by atoms with Gasteiger partial charge in [-0.2, -0.15) is 0 Å². The fourth-order valence-electron chi connectivity index (χ4n) is 1.53. The molecule has 0 saturated carbocycles. The molecule has 0 saturated heterocycles. The first-order chi connectivity index (χ1) is 10.6. The third-order valence-corrected chi connectivity index (χ3v) is 3.23. The van der Waals surface area contributed by atoms with Crippen LogP contribution in [0.1, 0.15) is 16.3 Å². The number of hydrogen-bond donors (Lipinski definition) is 3. The Kier molecular flexibility index (Phi) is 5.62. The summed E-state index contributed by atoms with van der Waals surface area (Å²) in [7, 11) is 1.64. The normalized spacial score (nSPS) is 9.91. The maximum Gasteiger partial charge on any atom is 0.305 e. The van der Waals surface area contributed by atoms with Gasteiger partial charge in [0.2, 0.25) is 0 Å². The highest BCUT2D eigenvalue weighted by Crippen LogP contribution is 2.24. The molecule has 3 N–H and O–H groups in total. The number of nitrogens with one attached hydrogen (secondary N) is 3. The summed E-state index contributed by atoms with van der Waals surface area (Å²) in [5.41, 5.74) is 4.91. The van der Waals surface area contributed by atoms with Gasteiger partial charge in [-0.15, -0.1) is 0 Å². The van der Waals surface area contributed by atoms with E-state index in [-0.39, 0.29) is 12.4 Å². The fourth-order valence-corrected chi connectivity index (χ4v) is 1.77. The van der Waals surface area contributed by atoms with Gasteiger partial charge in [-0.1, -0.05) is 23.7 Å². The summed E-state index contributed by atoms with van der Waals surface area (Å²) in [5, 5.41) is 3.47. The van der Waals surface area contributed by atoms with Gasteiger partial charge in [-0.3, -0.25) is 15.6 Å². The predicted molar refractivity (Wildman–Crippen MR) is 86.8 cm³/mol. The molecule has 1 amide bonds. The van der Waals surface area contributed by atoms with E-state index in [1.165, 1.54) is 0 Å². The van der Waals surface area contributed by atoms with Crippen LogP contribution in [-0.2, 0) is 6.61 Å². The topological polar surface area (TPSA) is 75.5 Å². The molecule has 1 aromatic heterocycles. The van der Waals surface area contributed by atoms with E-state index in [1.54, 1.807) is 31.3 Å². The van der Waals surface area contributed by atoms with Gasteiger partial charge in [-0.05, 0) is 36.5 Å². The second-order valence-electron chi connectivity index (χ2n) is 4.14. The summed E-state index contributed by atoms with van der Waals surface area (Å²) in [6, 6.07) is 10.3. The Labute approximate surface area is 137 Å². The highest BCUT2D eigenvalue weighted by atomic mass is 35.5. The molecule has 22 heavy (non-hydrogen) atoms. The van der Waals surface area contributed by atoms with Crippen molar-refractivity contribution in [2.24, 2.45) is 0 Å². The molecule has 0 aliphatic rings. The van der Waals surface area contributed by atoms with E-state index in [0.717, 1.165) is 0 Å². The van der Waals surface area contributed by atoms with Crippen LogP contribution in [0.3, 0.4) is 0 Å². The molecule has 0 bridgehead atoms. The lowest BCUT2D eigenvalue weighted by molar-refractivity contribution is 0.0911. The first-order valence-electron chi connectivity index (χ1n) is 6.34. The quantitative estimate of drug-likeness (QED) is 0.586. The fraction of sp³-hybridized carbons (Fsp3) is 0.143. The number of carbonyl (C=O) groups is 1. The number of benzene rings is 1. The third kappa shape index (κ3) is 4.37. The molecule has 1 heterocycles. The van der Waals surface area contributed by atoms with E-state index >= 15 is 0 Å². The third-order valence-electron chi connectivity index (χ3n) is 2.61. The van der Waals surface area contributed by atoms with Gasteiger partial charge in [0.25, 0.3) is 0 Å². The van der Waals surface area contributed by atoms with Crippen LogP contribution in [0.15, 0.2) is 40.8 Å². The van der Waals surface area contributed by atoms with Crippen molar-refractivity contribution in [2.45, 2.75) is 6.61 Å². The SMILES string of the molecule is CNC(=S)NNC(=O)c1ccc(COc2ccccc2Cl)o1. The Bertz CT molecular complexity index is 675. The van der Waals surface area contributed by atoms with Crippen molar-refractivity contribution in [1.29, 1.82) is 0 Å². The van der Waals surface area contributed by atoms with Crippen molar-refractivity contribution in [1.82, 2.24) is 16.2 Å². The molecular weight excluding hydrogens is 326 g/mol. The average molecular weight is 340 g/mol. The number of para-hydroxylation sites is 1. The van der Waals surface area contributed by atoms with Crippen molar-refractivity contribution in [3.05, 3.63) is 52.9 Å². The van der Waals surface area contributed by atoms with Crippen LogP contribution in [0, 0.1) is 0 Å². The van der Waals surface area contributed by atoms with Crippen LogP contribution in [0.4, 0.5) is 0 Å². The molecular formula is C14H14ClN3O3S. The first-order valence-corrected chi connectivity index (χ1v) is 7.13. The largest absolute Gasteiger partial charge is 0.484 e. The number of amides is 1. The zero-order valence-electron chi connectivity index (χ0n) is 11.7. The Morgan fingerprint density at radius 1 is 1.27 bits per heavy atom. The second kappa shape index (κ2) is 7.67. The predicted octanol–water partition coefficient (Wildman–Crippen LogP) is 2.25. The molecule has 0 radical (unpaired) electrons. The summed E-state index contributed by atoms with van der Waals surface area (Å²) < 4.78 is 10.9. The van der Waals surface area contributed by atoms with Gasteiger partial charge in [0.15, 0.2) is 10.9 Å². The Morgan fingerprint density at radius 3 is 2.77 bits per heavy atom. The molecule has 0 fully saturated rings. The van der Waals surface area contributed by atoms with Gasteiger partial charge in [0, 0.05) is 7.05 Å². The molecule has 2 aromatic rings. The van der Waals surface area contributed by atoms with E-state index in [4.69, 9.17) is 33.0 Å². The van der Waals surface area contributed by atoms with Gasteiger partial charge in [0.1, 0.15) is 18.1 Å². The second-order valence-corrected chi connectivity index (χ2v) is 4.96. The lowest BCUT2D eigenvalue weighted by atomic mass is 10.3. The average Bonchev–Trinajstić information content (AvgIpc) is 3.00. The molecule has 116 valence electrons. The van der Waals surface area contributed by atoms with Gasteiger partial charge < -0.3 is 14.5 Å². The minimum Gasteiger partial charge on any atom is -0.484 e. The molecule has 8 heteroatoms. The Balaban J connectivity index is 1.90. The van der Waals surface area contributed by atoms with Crippen LogP contribution in [-0.4, -0.2) is 18.1 Å². The van der Waals surface area contributed by atoms with Crippen molar-refractivity contribution in [3.8, 4) is 5.75 Å². The summed E-state index contributed by atoms with van der Waals surface area (Å²) in [6.07, 6.45) is 0. The Hall–Kier alpha value is -2.25. The highest BCUT2D eigenvalue weighted by molar-refractivity contribution is 7.80. The summed E-state index contributed by atoms with van der Waals surface area (Å²) in [4.78, 5) is 11.8. The van der Waals surface area contributed by atoms with Crippen LogP contribution in [0.5, 0.6) is 5.75 Å². The molecule has 1 aromatic carbocycles. The molecule has 0 aliphatic heterocycles. The van der Waals surface area contributed by atoms with E-state index in [0.29, 0.717) is 21.6 Å². The van der Waals surface area contributed by atoms with Crippen LogP contribution < -0.4 is 20.9 Å². The molecule has 0 atom stereocenters. The molecule has 0 aliphatic carbocycles. The van der Waals surface area contributed by atoms with Crippen molar-refractivity contribution in [3.63, 3.8) is 0 Å². The maximum atomic E-state index is 11.8. The number of thiocarbonyl (C=S) groups is 1. The number of carbonyl (C=O) groups excluding carboxylic acids is 1. The Morgan fingerprint density at radius 2 is 2.05 bits per heavy atom. The van der Waals surface area contributed by atoms with Crippen molar-refractivity contribution < 1.29 is 13.9 Å². The number of hydrogen-bond acceptors (Lipinski definition) is 4. The highest BCUT2D eigenvalue weighted by Gasteiger charge is 2.12. The van der Waals surface area contributed by atoms with Gasteiger partial charge >= 0.3 is 5.91 Å². The van der Waals surface area contributed by atoms with E-state index < -0.39 is 5.91 Å². The molecule has 0 unspecified atom stereocenters. The minimum absolute atomic E-state index is 0.143. The molecule has 6 nitrogen and oxygen atoms in total. The number of ether oxygens (including phenoxy) is 1. The van der Waals surface area contributed by atoms with Crippen molar-refractivity contribution >= 4 is 34.8 Å². The molecule has 2 rings (SSSR count). The smallest absolute Gasteiger partial charge is 0.305 e. The zero-order valence-corrected chi connectivity index (χ0v) is 13.3. The summed E-state index contributed by atoms with van der Waals surface area (Å²) in [5.74, 6) is 0.750. The van der Waals surface area contributed by atoms with E-state index in [2.05, 4.69) is 16.2 Å². The summed E-state index contributed by atoms with van der Waals surface area (Å²) in [6.45, 7) is 0.166. The lowest BCUT2D eigenvalue weighted by Crippen LogP contribution is -2.45. The minimum atomic E-state index is -0.443. The lowest BCUT2D eigenvalue weighted by Gasteiger charge is -2.07. The van der Waals surface area contributed by atoms with Gasteiger partial charge in [0.05, 0.1) is 5.02 Å². The monoisotopic (exact) mass is 339 g/mol. The number of rotatable bonds is 4. The van der Waals surface area contributed by atoms with Crippen molar-refractivity contribution in [2.75, 3.05) is 7.05 Å². The molecule has 0 spiro atoms. The maximum absolute atomic E-state index is 11.8. The van der Waals surface area contributed by atoms with E-state index in [9.17, 15) is 4.79 Å². The standard InChI is InChI=1S/C14H14ClN3O3S/c1-16-14(22)18-17-13(19)12-7-6-9(21-12)8-20-11-5-3-2-4-10(11)15/h2-7H,8H2,1H3,(H,17,19)(H2,16,18,22). The first kappa shape index (κ1) is 16.1. The van der Waals surface area contributed by atoms with Crippen LogP contribution >= 0.6 is 23.8 Å². The van der Waals surface area contributed by atoms with Crippen LogP contribution in [0.2, 0.25) is 5.02 Å².